The Bertz CT molecular complexity index is 782. The van der Waals surface area contributed by atoms with E-state index in [0.29, 0.717) is 11.4 Å². The number of hydrogen-bond donors (Lipinski definition) is 1. The fourth-order valence-electron chi connectivity index (χ4n) is 2.17. The lowest BCUT2D eigenvalue weighted by Crippen LogP contribution is -2.23. The minimum Gasteiger partial charge on any atom is -0.361 e. The van der Waals surface area contributed by atoms with Gasteiger partial charge in [-0.3, -0.25) is 4.79 Å². The molecule has 3 aromatic rings. The third kappa shape index (κ3) is 2.67. The summed E-state index contributed by atoms with van der Waals surface area (Å²) in [5.41, 5.74) is 2.44. The minimum absolute atomic E-state index is 0.131. The first-order valence-electron chi connectivity index (χ1n) is 6.87. The van der Waals surface area contributed by atoms with E-state index < -0.39 is 0 Å². The van der Waals surface area contributed by atoms with Crippen LogP contribution in [0.1, 0.15) is 32.4 Å². The topological polar surface area (TPSA) is 73.0 Å². The molecule has 0 unspecified atom stereocenters. The molecule has 1 N–H and O–H groups in total. The summed E-state index contributed by atoms with van der Waals surface area (Å²) >= 11 is 1.37. The summed E-state index contributed by atoms with van der Waals surface area (Å²) in [6.45, 7) is 5.94. The summed E-state index contributed by atoms with van der Waals surface area (Å²) in [6.07, 6.45) is 3.81. The molecule has 6 nitrogen and oxygen atoms in total. The molecule has 0 atom stereocenters. The second-order valence-corrected chi connectivity index (χ2v) is 5.96. The number of amides is 1. The van der Waals surface area contributed by atoms with Gasteiger partial charge in [0.2, 0.25) is 0 Å². The Balaban J connectivity index is 1.75. The van der Waals surface area contributed by atoms with E-state index in [1.54, 1.807) is 0 Å². The van der Waals surface area contributed by atoms with Gasteiger partial charge >= 0.3 is 0 Å². The molecule has 0 fully saturated rings. The number of carbonyl (C=O) groups is 1. The maximum Gasteiger partial charge on any atom is 0.263 e. The Kier molecular flexibility index (Phi) is 3.81. The van der Waals surface area contributed by atoms with Crippen LogP contribution in [0.2, 0.25) is 0 Å². The van der Waals surface area contributed by atoms with Crippen LogP contribution < -0.4 is 5.32 Å². The smallest absolute Gasteiger partial charge is 0.263 e. The molecule has 0 spiro atoms. The minimum atomic E-state index is -0.131. The van der Waals surface area contributed by atoms with Crippen molar-refractivity contribution < 1.29 is 9.32 Å². The zero-order valence-electron chi connectivity index (χ0n) is 12.6. The van der Waals surface area contributed by atoms with E-state index in [1.807, 2.05) is 49.9 Å². The van der Waals surface area contributed by atoms with Crippen LogP contribution in [0.3, 0.4) is 0 Å². The third-order valence-corrected chi connectivity index (χ3v) is 4.59. The van der Waals surface area contributed by atoms with E-state index in [9.17, 15) is 4.79 Å². The summed E-state index contributed by atoms with van der Waals surface area (Å²) < 4.78 is 6.99. The highest BCUT2D eigenvalue weighted by molar-refractivity contribution is 7.16. The molecule has 0 aliphatic heterocycles. The van der Waals surface area contributed by atoms with Gasteiger partial charge in [0, 0.05) is 24.5 Å². The average molecular weight is 316 g/mol. The van der Waals surface area contributed by atoms with Gasteiger partial charge in [-0.1, -0.05) is 16.5 Å². The molecule has 3 aromatic heterocycles. The second-order valence-electron chi connectivity index (χ2n) is 4.99. The molecule has 3 rings (SSSR count). The number of nitrogens with zero attached hydrogens (tertiary/aromatic N) is 3. The number of hydrogen-bond acceptors (Lipinski definition) is 5. The Morgan fingerprint density at radius 3 is 2.64 bits per heavy atom. The van der Waals surface area contributed by atoms with Crippen LogP contribution in [0.4, 0.5) is 0 Å². The molecule has 22 heavy (non-hydrogen) atoms. The Morgan fingerprint density at radius 1 is 1.27 bits per heavy atom. The molecule has 0 saturated carbocycles. The van der Waals surface area contributed by atoms with Crippen molar-refractivity contribution in [2.75, 3.05) is 0 Å². The van der Waals surface area contributed by atoms with E-state index in [1.165, 1.54) is 11.3 Å². The number of nitrogens with one attached hydrogen (secondary N) is 1. The molecule has 0 aliphatic rings. The lowest BCUT2D eigenvalue weighted by Gasteiger charge is -2.03. The predicted octanol–water partition coefficient (Wildman–Crippen LogP) is 2.78. The highest BCUT2D eigenvalue weighted by atomic mass is 32.1. The monoisotopic (exact) mass is 316 g/mol. The third-order valence-electron chi connectivity index (χ3n) is 3.42. The molecule has 0 aliphatic carbocycles. The van der Waals surface area contributed by atoms with Crippen LogP contribution in [0.25, 0.3) is 5.13 Å². The van der Waals surface area contributed by atoms with Crippen LogP contribution in [-0.4, -0.2) is 20.6 Å². The fourth-order valence-corrected chi connectivity index (χ4v) is 3.12. The van der Waals surface area contributed by atoms with E-state index in [4.69, 9.17) is 4.52 Å². The van der Waals surface area contributed by atoms with Gasteiger partial charge in [-0.05, 0) is 32.9 Å². The zero-order valence-corrected chi connectivity index (χ0v) is 13.4. The first-order chi connectivity index (χ1) is 10.6. The molecule has 0 bridgehead atoms. The Morgan fingerprint density at radius 2 is 2.00 bits per heavy atom. The van der Waals surface area contributed by atoms with Gasteiger partial charge in [-0.25, -0.2) is 4.98 Å². The van der Waals surface area contributed by atoms with Gasteiger partial charge in [-0.15, -0.1) is 0 Å². The van der Waals surface area contributed by atoms with Gasteiger partial charge in [0.15, 0.2) is 5.13 Å². The fraction of sp³-hybridized carbons (Fsp3) is 0.267. The summed E-state index contributed by atoms with van der Waals surface area (Å²) in [6, 6.07) is 3.85. The van der Waals surface area contributed by atoms with Crippen LogP contribution in [0, 0.1) is 20.8 Å². The highest BCUT2D eigenvalue weighted by Gasteiger charge is 2.17. The van der Waals surface area contributed by atoms with Crippen LogP contribution in [0.15, 0.2) is 29.0 Å². The molecule has 0 saturated heterocycles. The molecule has 3 heterocycles. The van der Waals surface area contributed by atoms with E-state index in [2.05, 4.69) is 15.5 Å². The molecular weight excluding hydrogens is 300 g/mol. The van der Waals surface area contributed by atoms with Gasteiger partial charge in [-0.2, -0.15) is 0 Å². The van der Waals surface area contributed by atoms with Crippen molar-refractivity contribution in [2.45, 2.75) is 27.3 Å². The number of rotatable bonds is 4. The number of aromatic nitrogens is 3. The van der Waals surface area contributed by atoms with Crippen molar-refractivity contribution in [3.05, 3.63) is 52.1 Å². The Hall–Kier alpha value is -2.41. The SMILES string of the molecule is Cc1nc(-n2cccc2)sc1C(=O)NCc1c(C)noc1C. The number of thiazole rings is 1. The highest BCUT2D eigenvalue weighted by Crippen LogP contribution is 2.22. The standard InChI is InChI=1S/C15H16N4O2S/c1-9-12(11(3)21-18-9)8-16-14(20)13-10(2)17-15(22-13)19-6-4-5-7-19/h4-7H,8H2,1-3H3,(H,16,20). The maximum absolute atomic E-state index is 12.4. The summed E-state index contributed by atoms with van der Waals surface area (Å²) in [4.78, 5) is 17.4. The summed E-state index contributed by atoms with van der Waals surface area (Å²) in [7, 11) is 0. The molecule has 0 radical (unpaired) electrons. The van der Waals surface area contributed by atoms with Crippen molar-refractivity contribution in [1.82, 2.24) is 20.0 Å². The normalized spacial score (nSPS) is 10.9. The molecule has 0 aromatic carbocycles. The van der Waals surface area contributed by atoms with Crippen molar-refractivity contribution in [2.24, 2.45) is 0 Å². The van der Waals surface area contributed by atoms with Crippen molar-refractivity contribution in [1.29, 1.82) is 0 Å². The van der Waals surface area contributed by atoms with E-state index in [0.717, 1.165) is 27.8 Å². The van der Waals surface area contributed by atoms with Crippen LogP contribution in [0.5, 0.6) is 0 Å². The predicted molar refractivity (Wildman–Crippen MR) is 83.3 cm³/mol. The maximum atomic E-state index is 12.4. The van der Waals surface area contributed by atoms with Gasteiger partial charge in [0.1, 0.15) is 10.6 Å². The van der Waals surface area contributed by atoms with Gasteiger partial charge in [0.25, 0.3) is 5.91 Å². The summed E-state index contributed by atoms with van der Waals surface area (Å²) in [5, 5.41) is 7.57. The average Bonchev–Trinajstić information content (AvgIpc) is 3.19. The lowest BCUT2D eigenvalue weighted by atomic mass is 10.2. The first-order valence-corrected chi connectivity index (χ1v) is 7.68. The van der Waals surface area contributed by atoms with E-state index in [-0.39, 0.29) is 5.91 Å². The largest absolute Gasteiger partial charge is 0.361 e. The number of aryl methyl sites for hydroxylation is 3. The van der Waals surface area contributed by atoms with Crippen molar-refractivity contribution in [3.8, 4) is 5.13 Å². The van der Waals surface area contributed by atoms with Gasteiger partial charge in [0.05, 0.1) is 11.4 Å². The quantitative estimate of drug-likeness (QED) is 0.803. The second kappa shape index (κ2) is 5.76. The van der Waals surface area contributed by atoms with Gasteiger partial charge < -0.3 is 14.4 Å². The molecule has 1 amide bonds. The van der Waals surface area contributed by atoms with Crippen LogP contribution in [-0.2, 0) is 6.54 Å². The molecule has 114 valence electrons. The van der Waals surface area contributed by atoms with Crippen LogP contribution >= 0.6 is 11.3 Å². The molecular formula is C15H16N4O2S. The zero-order chi connectivity index (χ0) is 15.7. The molecule has 7 heteroatoms. The Labute approximate surface area is 131 Å². The number of carbonyl (C=O) groups excluding carboxylic acids is 1. The summed E-state index contributed by atoms with van der Waals surface area (Å²) in [5.74, 6) is 0.597. The first kappa shape index (κ1) is 14.5. The van der Waals surface area contributed by atoms with Crippen molar-refractivity contribution >= 4 is 17.2 Å². The van der Waals surface area contributed by atoms with E-state index >= 15 is 0 Å². The van der Waals surface area contributed by atoms with Crippen molar-refractivity contribution in [3.63, 3.8) is 0 Å². The lowest BCUT2D eigenvalue weighted by molar-refractivity contribution is 0.0954.